The van der Waals surface area contributed by atoms with Gasteiger partial charge in [-0.05, 0) is 12.1 Å². The number of furan rings is 1. The van der Waals surface area contributed by atoms with Crippen molar-refractivity contribution in [3.8, 4) is 0 Å². The van der Waals surface area contributed by atoms with Gasteiger partial charge in [0.05, 0.1) is 5.69 Å². The minimum Gasteiger partial charge on any atom is -0.462 e. The Labute approximate surface area is 105 Å². The molecule has 5 heteroatoms. The van der Waals surface area contributed by atoms with Gasteiger partial charge in [0.15, 0.2) is 0 Å². The molecule has 1 aromatic heterocycles. The van der Waals surface area contributed by atoms with E-state index in [9.17, 15) is 4.79 Å². The number of rotatable bonds is 1. The Morgan fingerprint density at radius 3 is 2.89 bits per heavy atom. The first-order valence-corrected chi connectivity index (χ1v) is 6.07. The van der Waals surface area contributed by atoms with Crippen molar-refractivity contribution in [3.63, 3.8) is 0 Å². The summed E-state index contributed by atoms with van der Waals surface area (Å²) in [4.78, 5) is 13.9. The van der Waals surface area contributed by atoms with Crippen LogP contribution < -0.4 is 10.6 Å². The maximum atomic E-state index is 12.1. The fourth-order valence-corrected chi connectivity index (χ4v) is 2.14. The molecule has 0 atom stereocenters. The van der Waals surface area contributed by atoms with E-state index in [4.69, 9.17) is 4.42 Å². The summed E-state index contributed by atoms with van der Waals surface area (Å²) in [7, 11) is 0. The Bertz CT molecular complexity index is 558. The lowest BCUT2D eigenvalue weighted by atomic mass is 10.2. The number of nitrogens with one attached hydrogen (secondary N) is 2. The lowest BCUT2D eigenvalue weighted by Crippen LogP contribution is -2.48. The molecule has 94 valence electrons. The second-order valence-corrected chi connectivity index (χ2v) is 4.31. The van der Waals surface area contributed by atoms with Crippen LogP contribution in [0, 0.1) is 0 Å². The van der Waals surface area contributed by atoms with Crippen LogP contribution in [0.3, 0.4) is 0 Å². The Kier molecular flexibility index (Phi) is 2.90. The normalized spacial score (nSPS) is 15.9. The van der Waals surface area contributed by atoms with Crippen molar-refractivity contribution in [3.05, 3.63) is 30.5 Å². The van der Waals surface area contributed by atoms with Crippen molar-refractivity contribution in [2.45, 2.75) is 0 Å². The van der Waals surface area contributed by atoms with E-state index in [0.29, 0.717) is 0 Å². The predicted octanol–water partition coefficient (Wildman–Crippen LogP) is 1.87. The van der Waals surface area contributed by atoms with Gasteiger partial charge in [-0.3, -0.25) is 0 Å². The number of carbonyl (C=O) groups is 1. The number of hydrogen-bond donors (Lipinski definition) is 2. The van der Waals surface area contributed by atoms with Crippen LogP contribution in [0.5, 0.6) is 0 Å². The summed E-state index contributed by atoms with van der Waals surface area (Å²) in [5.74, 6) is 0. The topological polar surface area (TPSA) is 57.5 Å². The summed E-state index contributed by atoms with van der Waals surface area (Å²) >= 11 is 0. The molecule has 2 N–H and O–H groups in total. The van der Waals surface area contributed by atoms with Crippen molar-refractivity contribution in [2.75, 3.05) is 31.5 Å². The minimum atomic E-state index is -0.0666. The number of anilines is 1. The molecular formula is C13H15N3O2. The Hall–Kier alpha value is -2.01. The van der Waals surface area contributed by atoms with Crippen molar-refractivity contribution in [1.29, 1.82) is 0 Å². The van der Waals surface area contributed by atoms with Crippen LogP contribution in [0.15, 0.2) is 34.9 Å². The molecule has 0 bridgehead atoms. The largest absolute Gasteiger partial charge is 0.462 e. The van der Waals surface area contributed by atoms with Crippen LogP contribution in [0.2, 0.25) is 0 Å². The molecule has 18 heavy (non-hydrogen) atoms. The van der Waals surface area contributed by atoms with E-state index in [0.717, 1.165) is 42.8 Å². The molecule has 5 nitrogen and oxygen atoms in total. The fraction of sp³-hybridized carbons (Fsp3) is 0.308. The summed E-state index contributed by atoms with van der Waals surface area (Å²) in [5.41, 5.74) is 1.52. The Morgan fingerprint density at radius 2 is 2.06 bits per heavy atom. The van der Waals surface area contributed by atoms with Crippen LogP contribution in [0.4, 0.5) is 10.5 Å². The molecule has 2 amide bonds. The third kappa shape index (κ3) is 2.04. The highest BCUT2D eigenvalue weighted by molar-refractivity contribution is 5.99. The molecule has 3 rings (SSSR count). The first-order valence-electron chi connectivity index (χ1n) is 6.07. The number of hydrogen-bond acceptors (Lipinski definition) is 3. The number of nitrogens with zero attached hydrogens (tertiary/aromatic N) is 1. The van der Waals surface area contributed by atoms with E-state index < -0.39 is 0 Å². The number of carbonyl (C=O) groups excluding carboxylic acids is 1. The van der Waals surface area contributed by atoms with Crippen molar-refractivity contribution in [2.24, 2.45) is 0 Å². The number of benzene rings is 1. The standard InChI is InChI=1S/C13H15N3O2/c17-13(16-7-5-14-6-8-16)15-11-9-18-12-4-2-1-3-10(11)12/h1-4,9,14H,5-8H2,(H,15,17). The van der Waals surface area contributed by atoms with E-state index in [2.05, 4.69) is 10.6 Å². The van der Waals surface area contributed by atoms with E-state index >= 15 is 0 Å². The average molecular weight is 245 g/mol. The van der Waals surface area contributed by atoms with Crippen LogP contribution in [0.25, 0.3) is 11.0 Å². The smallest absolute Gasteiger partial charge is 0.322 e. The van der Waals surface area contributed by atoms with Gasteiger partial charge in [0.1, 0.15) is 11.8 Å². The quantitative estimate of drug-likeness (QED) is 0.806. The maximum Gasteiger partial charge on any atom is 0.322 e. The second-order valence-electron chi connectivity index (χ2n) is 4.31. The second kappa shape index (κ2) is 4.70. The maximum absolute atomic E-state index is 12.1. The molecular weight excluding hydrogens is 230 g/mol. The van der Waals surface area contributed by atoms with Gasteiger partial charge < -0.3 is 20.0 Å². The number of para-hydroxylation sites is 1. The Morgan fingerprint density at radius 1 is 1.28 bits per heavy atom. The summed E-state index contributed by atoms with van der Waals surface area (Å²) in [6, 6.07) is 7.59. The first-order chi connectivity index (χ1) is 8.84. The number of amides is 2. The third-order valence-corrected chi connectivity index (χ3v) is 3.13. The van der Waals surface area contributed by atoms with E-state index in [-0.39, 0.29) is 6.03 Å². The van der Waals surface area contributed by atoms with Crippen molar-refractivity contribution in [1.82, 2.24) is 10.2 Å². The first kappa shape index (κ1) is 11.1. The predicted molar refractivity (Wildman–Crippen MR) is 69.7 cm³/mol. The molecule has 1 saturated heterocycles. The molecule has 2 aromatic rings. The molecule has 1 fully saturated rings. The number of urea groups is 1. The van der Waals surface area contributed by atoms with E-state index in [1.54, 1.807) is 11.2 Å². The van der Waals surface area contributed by atoms with Gasteiger partial charge in [-0.2, -0.15) is 0 Å². The van der Waals surface area contributed by atoms with E-state index in [1.807, 2.05) is 24.3 Å². The van der Waals surface area contributed by atoms with E-state index in [1.165, 1.54) is 0 Å². The lowest BCUT2D eigenvalue weighted by molar-refractivity contribution is 0.204. The molecule has 2 heterocycles. The minimum absolute atomic E-state index is 0.0666. The van der Waals surface area contributed by atoms with Crippen LogP contribution in [-0.4, -0.2) is 37.1 Å². The molecule has 0 unspecified atom stereocenters. The lowest BCUT2D eigenvalue weighted by Gasteiger charge is -2.27. The summed E-state index contributed by atoms with van der Waals surface area (Å²) < 4.78 is 5.39. The molecule has 0 radical (unpaired) electrons. The summed E-state index contributed by atoms with van der Waals surface area (Å²) in [6.07, 6.45) is 1.59. The van der Waals surface area contributed by atoms with Gasteiger partial charge in [-0.25, -0.2) is 4.79 Å². The molecule has 0 aliphatic carbocycles. The molecule has 0 spiro atoms. The third-order valence-electron chi connectivity index (χ3n) is 3.13. The van der Waals surface area contributed by atoms with Crippen molar-refractivity contribution >= 4 is 22.7 Å². The van der Waals surface area contributed by atoms with Gasteiger partial charge in [0.25, 0.3) is 0 Å². The monoisotopic (exact) mass is 245 g/mol. The highest BCUT2D eigenvalue weighted by Gasteiger charge is 2.17. The fourth-order valence-electron chi connectivity index (χ4n) is 2.14. The highest BCUT2D eigenvalue weighted by atomic mass is 16.3. The molecule has 0 saturated carbocycles. The van der Waals surface area contributed by atoms with Gasteiger partial charge in [-0.1, -0.05) is 12.1 Å². The van der Waals surface area contributed by atoms with Crippen LogP contribution >= 0.6 is 0 Å². The van der Waals surface area contributed by atoms with Crippen LogP contribution in [0.1, 0.15) is 0 Å². The molecule has 1 aromatic carbocycles. The zero-order valence-electron chi connectivity index (χ0n) is 9.98. The van der Waals surface area contributed by atoms with Crippen molar-refractivity contribution < 1.29 is 9.21 Å². The number of fused-ring (bicyclic) bond motifs is 1. The van der Waals surface area contributed by atoms with Gasteiger partial charge in [-0.15, -0.1) is 0 Å². The van der Waals surface area contributed by atoms with Gasteiger partial charge in [0.2, 0.25) is 0 Å². The number of piperazine rings is 1. The molecule has 1 aliphatic rings. The highest BCUT2D eigenvalue weighted by Crippen LogP contribution is 2.25. The van der Waals surface area contributed by atoms with Crippen LogP contribution in [-0.2, 0) is 0 Å². The van der Waals surface area contributed by atoms with Gasteiger partial charge in [0, 0.05) is 31.6 Å². The SMILES string of the molecule is O=C(Nc1coc2ccccc12)N1CCNCC1. The zero-order chi connectivity index (χ0) is 12.4. The Balaban J connectivity index is 1.77. The zero-order valence-corrected chi connectivity index (χ0v) is 9.98. The molecule has 1 aliphatic heterocycles. The summed E-state index contributed by atoms with van der Waals surface area (Å²) in [6.45, 7) is 3.17. The van der Waals surface area contributed by atoms with Gasteiger partial charge >= 0.3 is 6.03 Å². The summed E-state index contributed by atoms with van der Waals surface area (Å²) in [5, 5.41) is 7.05. The average Bonchev–Trinajstić information content (AvgIpc) is 2.83.